The fraction of sp³-hybridized carbons (Fsp3) is 0.0769. The van der Waals surface area contributed by atoms with Crippen LogP contribution < -0.4 is 4.74 Å². The van der Waals surface area contributed by atoms with E-state index >= 15 is 0 Å². The summed E-state index contributed by atoms with van der Waals surface area (Å²) in [5, 5.41) is 10.5. The van der Waals surface area contributed by atoms with Gasteiger partial charge < -0.3 is 4.74 Å². The summed E-state index contributed by atoms with van der Waals surface area (Å²) in [5.41, 5.74) is 0.978. The van der Waals surface area contributed by atoms with Crippen LogP contribution >= 0.6 is 0 Å². The van der Waals surface area contributed by atoms with E-state index < -0.39 is 4.92 Å². The molecule has 0 heterocycles. The van der Waals surface area contributed by atoms with Gasteiger partial charge in [-0.3, -0.25) is 10.1 Å². The fourth-order valence-electron chi connectivity index (χ4n) is 1.35. The first-order valence-electron chi connectivity index (χ1n) is 5.08. The van der Waals surface area contributed by atoms with Gasteiger partial charge in [-0.1, -0.05) is 12.1 Å². The maximum Gasteiger partial charge on any atom is 0.269 e. The van der Waals surface area contributed by atoms with E-state index in [0.29, 0.717) is 6.61 Å². The number of hydrogen-bond acceptors (Lipinski definition) is 3. The monoisotopic (exact) mass is 228 g/mol. The molecule has 2 aromatic rings. The molecule has 17 heavy (non-hydrogen) atoms. The molecule has 0 aliphatic heterocycles. The third-order valence-corrected chi connectivity index (χ3v) is 2.24. The van der Waals surface area contributed by atoms with Crippen molar-refractivity contribution in [3.8, 4) is 5.75 Å². The Bertz CT molecular complexity index is 494. The van der Waals surface area contributed by atoms with Crippen molar-refractivity contribution in [3.05, 3.63) is 70.3 Å². The smallest absolute Gasteiger partial charge is 0.269 e. The average molecular weight is 228 g/mol. The summed E-state index contributed by atoms with van der Waals surface area (Å²) < 4.78 is 5.50. The molecule has 0 atom stereocenters. The lowest BCUT2D eigenvalue weighted by Crippen LogP contribution is -1.95. The molecule has 0 bridgehead atoms. The highest BCUT2D eigenvalue weighted by Crippen LogP contribution is 2.14. The van der Waals surface area contributed by atoms with Crippen molar-refractivity contribution < 1.29 is 9.66 Å². The van der Waals surface area contributed by atoms with Gasteiger partial charge >= 0.3 is 0 Å². The lowest BCUT2D eigenvalue weighted by molar-refractivity contribution is -0.384. The highest BCUT2D eigenvalue weighted by atomic mass is 16.6. The average Bonchev–Trinajstić information content (AvgIpc) is 2.38. The fourth-order valence-corrected chi connectivity index (χ4v) is 1.35. The first-order chi connectivity index (χ1) is 8.25. The van der Waals surface area contributed by atoms with Gasteiger partial charge in [0.25, 0.3) is 5.69 Å². The molecule has 0 fully saturated rings. The summed E-state index contributed by atoms with van der Waals surface area (Å²) in [6, 6.07) is 16.4. The van der Waals surface area contributed by atoms with Gasteiger partial charge in [0, 0.05) is 12.1 Å². The number of non-ortho nitro benzene ring substituents is 1. The number of nitrogens with zero attached hydrogens (tertiary/aromatic N) is 1. The highest BCUT2D eigenvalue weighted by Gasteiger charge is 2.03. The van der Waals surface area contributed by atoms with Crippen molar-refractivity contribution in [3.63, 3.8) is 0 Å². The molecule has 0 saturated heterocycles. The largest absolute Gasteiger partial charge is 0.489 e. The van der Waals surface area contributed by atoms with Gasteiger partial charge in [-0.2, -0.15) is 0 Å². The van der Waals surface area contributed by atoms with Gasteiger partial charge in [0.15, 0.2) is 0 Å². The predicted molar refractivity (Wildman–Crippen MR) is 62.7 cm³/mol. The van der Waals surface area contributed by atoms with Gasteiger partial charge in [-0.25, -0.2) is 0 Å². The van der Waals surface area contributed by atoms with E-state index in [1.165, 1.54) is 12.1 Å². The normalized spacial score (nSPS) is 9.88. The van der Waals surface area contributed by atoms with Crippen LogP contribution in [0.4, 0.5) is 5.69 Å². The second kappa shape index (κ2) is 5.12. The van der Waals surface area contributed by atoms with Crippen LogP contribution in [-0.4, -0.2) is 4.92 Å². The Morgan fingerprint density at radius 1 is 1.12 bits per heavy atom. The lowest BCUT2D eigenvalue weighted by atomic mass is 10.2. The summed E-state index contributed by atoms with van der Waals surface area (Å²) in [5.74, 6) is 0.752. The van der Waals surface area contributed by atoms with E-state index in [-0.39, 0.29) is 5.69 Å². The second-order valence-corrected chi connectivity index (χ2v) is 3.45. The van der Waals surface area contributed by atoms with E-state index in [4.69, 9.17) is 4.74 Å². The Kier molecular flexibility index (Phi) is 3.35. The molecular formula is C13H10NO3. The number of nitro benzene ring substituents is 1. The van der Waals surface area contributed by atoms with Crippen LogP contribution in [0.25, 0.3) is 0 Å². The van der Waals surface area contributed by atoms with E-state index in [1.54, 1.807) is 24.3 Å². The van der Waals surface area contributed by atoms with Gasteiger partial charge in [-0.05, 0) is 35.9 Å². The molecule has 2 rings (SSSR count). The molecule has 85 valence electrons. The Hall–Kier alpha value is -2.36. The van der Waals surface area contributed by atoms with Crippen LogP contribution in [-0.2, 0) is 6.61 Å². The number of nitro groups is 1. The molecule has 0 amide bonds. The van der Waals surface area contributed by atoms with E-state index in [9.17, 15) is 10.1 Å². The number of benzene rings is 2. The molecule has 0 unspecified atom stereocenters. The van der Waals surface area contributed by atoms with Gasteiger partial charge in [0.05, 0.1) is 4.92 Å². The highest BCUT2D eigenvalue weighted by molar-refractivity contribution is 5.33. The first-order valence-corrected chi connectivity index (χ1v) is 5.08. The Labute approximate surface area is 98.6 Å². The van der Waals surface area contributed by atoms with Crippen LogP contribution in [0, 0.1) is 16.2 Å². The lowest BCUT2D eigenvalue weighted by Gasteiger charge is -2.05. The summed E-state index contributed by atoms with van der Waals surface area (Å²) >= 11 is 0. The van der Waals surface area contributed by atoms with E-state index in [0.717, 1.165) is 11.3 Å². The third kappa shape index (κ3) is 3.04. The quantitative estimate of drug-likeness (QED) is 0.597. The van der Waals surface area contributed by atoms with Gasteiger partial charge in [0.1, 0.15) is 12.4 Å². The number of hydrogen-bond donors (Lipinski definition) is 0. The van der Waals surface area contributed by atoms with Crippen molar-refractivity contribution in [2.45, 2.75) is 6.61 Å². The summed E-state index contributed by atoms with van der Waals surface area (Å²) in [6.45, 7) is 0.391. The van der Waals surface area contributed by atoms with Gasteiger partial charge in [-0.15, -0.1) is 0 Å². The minimum absolute atomic E-state index is 0.0862. The van der Waals surface area contributed by atoms with Crippen LogP contribution in [0.3, 0.4) is 0 Å². The van der Waals surface area contributed by atoms with Crippen molar-refractivity contribution >= 4 is 5.69 Å². The van der Waals surface area contributed by atoms with E-state index in [2.05, 4.69) is 6.07 Å². The zero-order valence-electron chi connectivity index (χ0n) is 9.00. The number of ether oxygens (including phenoxy) is 1. The van der Waals surface area contributed by atoms with Crippen molar-refractivity contribution in [2.24, 2.45) is 0 Å². The topological polar surface area (TPSA) is 52.4 Å². The molecular weight excluding hydrogens is 218 g/mol. The maximum absolute atomic E-state index is 10.5. The van der Waals surface area contributed by atoms with Crippen molar-refractivity contribution in [1.82, 2.24) is 0 Å². The Morgan fingerprint density at radius 3 is 2.35 bits per heavy atom. The molecule has 0 spiro atoms. The van der Waals surface area contributed by atoms with Crippen molar-refractivity contribution in [1.29, 1.82) is 0 Å². The zero-order valence-corrected chi connectivity index (χ0v) is 9.00. The molecule has 4 nitrogen and oxygen atoms in total. The molecule has 4 heteroatoms. The molecule has 1 radical (unpaired) electrons. The van der Waals surface area contributed by atoms with Crippen molar-refractivity contribution in [2.75, 3.05) is 0 Å². The third-order valence-electron chi connectivity index (χ3n) is 2.24. The molecule has 0 saturated carbocycles. The predicted octanol–water partition coefficient (Wildman–Crippen LogP) is 2.97. The molecule has 0 aliphatic carbocycles. The first kappa shape index (κ1) is 11.1. The number of rotatable bonds is 4. The summed E-state index contributed by atoms with van der Waals surface area (Å²) in [7, 11) is 0. The minimum Gasteiger partial charge on any atom is -0.489 e. The van der Waals surface area contributed by atoms with E-state index in [1.807, 2.05) is 12.1 Å². The summed E-state index contributed by atoms with van der Waals surface area (Å²) in [6.07, 6.45) is 0. The molecule has 0 aromatic heterocycles. The zero-order chi connectivity index (χ0) is 12.1. The molecule has 0 aliphatic rings. The van der Waals surface area contributed by atoms with Crippen LogP contribution in [0.5, 0.6) is 5.75 Å². The molecule has 0 N–H and O–H groups in total. The second-order valence-electron chi connectivity index (χ2n) is 3.45. The minimum atomic E-state index is -0.419. The SMILES string of the molecule is O=[N+]([O-])c1ccc(COc2cc[c]cc2)cc1. The van der Waals surface area contributed by atoms with Crippen LogP contribution in [0.15, 0.2) is 48.5 Å². The van der Waals surface area contributed by atoms with Gasteiger partial charge in [0.2, 0.25) is 0 Å². The van der Waals surface area contributed by atoms with Crippen LogP contribution in [0.2, 0.25) is 0 Å². The Morgan fingerprint density at radius 2 is 1.76 bits per heavy atom. The standard InChI is InChI=1S/C13H10NO3/c15-14(16)12-8-6-11(7-9-12)10-17-13-4-2-1-3-5-13/h2-9H,10H2. The maximum atomic E-state index is 10.5. The molecule has 2 aromatic carbocycles. The summed E-state index contributed by atoms with van der Waals surface area (Å²) in [4.78, 5) is 10.0. The Balaban J connectivity index is 1.98. The van der Waals surface area contributed by atoms with Crippen LogP contribution in [0.1, 0.15) is 5.56 Å².